The molecule has 19 heavy (non-hydrogen) atoms. The van der Waals surface area contributed by atoms with Gasteiger partial charge in [0, 0.05) is 19.5 Å². The third-order valence-corrected chi connectivity index (χ3v) is 4.50. The molecule has 1 nitrogen and oxygen atoms in total. The molecule has 0 aliphatic heterocycles. The van der Waals surface area contributed by atoms with Crippen molar-refractivity contribution in [1.82, 2.24) is 0 Å². The summed E-state index contributed by atoms with van der Waals surface area (Å²) >= 11 is 11.6. The summed E-state index contributed by atoms with van der Waals surface area (Å²) < 4.78 is 15.0. The van der Waals surface area contributed by atoms with Gasteiger partial charge in [-0.2, -0.15) is 0 Å². The van der Waals surface area contributed by atoms with E-state index in [1.807, 2.05) is 18.2 Å². The van der Waals surface area contributed by atoms with Crippen molar-refractivity contribution in [2.75, 3.05) is 0 Å². The molecule has 100 valence electrons. The largest absolute Gasteiger partial charge is 0.388 e. The standard InChI is InChI=1S/C14H10BrClFIO/c15-12-3-2-10(18)7-11(12)14(19)6-8-5-9(17)1-4-13(8)16/h1-5,7,14,19H,6H2. The van der Waals surface area contributed by atoms with Gasteiger partial charge in [-0.05, 0) is 70.1 Å². The molecule has 0 heterocycles. The van der Waals surface area contributed by atoms with Crippen LogP contribution in [0.3, 0.4) is 0 Å². The Labute approximate surface area is 138 Å². The Morgan fingerprint density at radius 2 is 2.00 bits per heavy atom. The van der Waals surface area contributed by atoms with E-state index in [2.05, 4.69) is 38.5 Å². The van der Waals surface area contributed by atoms with E-state index >= 15 is 0 Å². The topological polar surface area (TPSA) is 20.2 Å². The Morgan fingerprint density at radius 3 is 2.74 bits per heavy atom. The zero-order valence-corrected chi connectivity index (χ0v) is 14.2. The van der Waals surface area contributed by atoms with E-state index in [4.69, 9.17) is 11.6 Å². The maximum Gasteiger partial charge on any atom is 0.123 e. The molecule has 0 aromatic heterocycles. The van der Waals surface area contributed by atoms with Crippen LogP contribution in [0, 0.1) is 9.39 Å². The molecule has 0 aliphatic carbocycles. The SMILES string of the molecule is OC(Cc1cc(F)ccc1Cl)c1cc(I)ccc1Br. The summed E-state index contributed by atoms with van der Waals surface area (Å²) in [6, 6.07) is 9.88. The van der Waals surface area contributed by atoms with Crippen LogP contribution in [0.25, 0.3) is 0 Å². The fourth-order valence-corrected chi connectivity index (χ4v) is 3.01. The fraction of sp³-hybridized carbons (Fsp3) is 0.143. The maximum absolute atomic E-state index is 13.2. The number of benzene rings is 2. The van der Waals surface area contributed by atoms with Crippen LogP contribution in [0.4, 0.5) is 4.39 Å². The van der Waals surface area contributed by atoms with Gasteiger partial charge in [0.15, 0.2) is 0 Å². The minimum Gasteiger partial charge on any atom is -0.388 e. The van der Waals surface area contributed by atoms with Crippen LogP contribution in [0.1, 0.15) is 17.2 Å². The van der Waals surface area contributed by atoms with E-state index in [-0.39, 0.29) is 12.2 Å². The van der Waals surface area contributed by atoms with E-state index in [0.29, 0.717) is 10.6 Å². The van der Waals surface area contributed by atoms with Gasteiger partial charge >= 0.3 is 0 Å². The maximum atomic E-state index is 13.2. The molecule has 0 saturated carbocycles. The second kappa shape index (κ2) is 6.52. The second-order valence-electron chi connectivity index (χ2n) is 4.12. The van der Waals surface area contributed by atoms with Crippen molar-refractivity contribution in [2.45, 2.75) is 12.5 Å². The Hall–Kier alpha value is -0.170. The zero-order chi connectivity index (χ0) is 14.0. The Kier molecular flexibility index (Phi) is 5.22. The van der Waals surface area contributed by atoms with E-state index < -0.39 is 6.10 Å². The molecule has 2 aromatic carbocycles. The first-order chi connectivity index (χ1) is 8.97. The van der Waals surface area contributed by atoms with Gasteiger partial charge in [0.1, 0.15) is 5.82 Å². The number of hydrogen-bond acceptors (Lipinski definition) is 1. The Bertz CT molecular complexity index is 606. The highest BCUT2D eigenvalue weighted by atomic mass is 127. The third kappa shape index (κ3) is 3.90. The molecule has 1 unspecified atom stereocenters. The lowest BCUT2D eigenvalue weighted by molar-refractivity contribution is 0.177. The first kappa shape index (κ1) is 15.2. The number of hydrogen-bond donors (Lipinski definition) is 1. The van der Waals surface area contributed by atoms with Gasteiger partial charge in [0.05, 0.1) is 6.10 Å². The summed E-state index contributed by atoms with van der Waals surface area (Å²) in [6.07, 6.45) is -0.460. The zero-order valence-electron chi connectivity index (χ0n) is 9.71. The van der Waals surface area contributed by atoms with Crippen LogP contribution in [-0.4, -0.2) is 5.11 Å². The summed E-state index contributed by atoms with van der Waals surface area (Å²) in [6.45, 7) is 0. The molecule has 0 aliphatic rings. The third-order valence-electron chi connectivity index (χ3n) is 2.74. The minimum atomic E-state index is -0.733. The fourth-order valence-electron chi connectivity index (χ4n) is 1.79. The number of aliphatic hydroxyl groups is 1. The van der Waals surface area contributed by atoms with Crippen LogP contribution in [0.5, 0.6) is 0 Å². The van der Waals surface area contributed by atoms with Gasteiger partial charge < -0.3 is 5.11 Å². The molecule has 5 heteroatoms. The number of rotatable bonds is 3. The lowest BCUT2D eigenvalue weighted by Gasteiger charge is -2.14. The Balaban J connectivity index is 2.27. The van der Waals surface area contributed by atoms with Crippen LogP contribution >= 0.6 is 50.1 Å². The molecular formula is C14H10BrClFIO. The van der Waals surface area contributed by atoms with Crippen molar-refractivity contribution < 1.29 is 9.50 Å². The molecule has 0 amide bonds. The summed E-state index contributed by atoms with van der Waals surface area (Å²) in [7, 11) is 0. The van der Waals surface area contributed by atoms with Gasteiger partial charge in [-0.25, -0.2) is 4.39 Å². The van der Waals surface area contributed by atoms with Gasteiger partial charge in [-0.15, -0.1) is 0 Å². The van der Waals surface area contributed by atoms with E-state index in [1.54, 1.807) is 0 Å². The van der Waals surface area contributed by atoms with Crippen molar-refractivity contribution in [3.05, 3.63) is 66.4 Å². The van der Waals surface area contributed by atoms with Gasteiger partial charge in [0.25, 0.3) is 0 Å². The van der Waals surface area contributed by atoms with Crippen molar-refractivity contribution >= 4 is 50.1 Å². The van der Waals surface area contributed by atoms with Crippen molar-refractivity contribution in [3.63, 3.8) is 0 Å². The van der Waals surface area contributed by atoms with Gasteiger partial charge in [0.2, 0.25) is 0 Å². The van der Waals surface area contributed by atoms with E-state index in [9.17, 15) is 9.50 Å². The minimum absolute atomic E-state index is 0.273. The number of halogens is 4. The lowest BCUT2D eigenvalue weighted by atomic mass is 10.0. The van der Waals surface area contributed by atoms with Gasteiger partial charge in [-0.1, -0.05) is 27.5 Å². The molecule has 0 spiro atoms. The first-order valence-corrected chi connectivity index (χ1v) is 7.79. The van der Waals surface area contributed by atoms with Gasteiger partial charge in [-0.3, -0.25) is 0 Å². The van der Waals surface area contributed by atoms with E-state index in [1.165, 1.54) is 18.2 Å². The normalized spacial score (nSPS) is 12.5. The summed E-state index contributed by atoms with van der Waals surface area (Å²) in [5, 5.41) is 10.7. The van der Waals surface area contributed by atoms with Crippen molar-refractivity contribution in [2.24, 2.45) is 0 Å². The molecule has 0 fully saturated rings. The second-order valence-corrected chi connectivity index (χ2v) is 6.63. The molecular weight excluding hydrogens is 445 g/mol. The lowest BCUT2D eigenvalue weighted by Crippen LogP contribution is -2.04. The monoisotopic (exact) mass is 454 g/mol. The highest BCUT2D eigenvalue weighted by molar-refractivity contribution is 14.1. The highest BCUT2D eigenvalue weighted by Crippen LogP contribution is 2.29. The highest BCUT2D eigenvalue weighted by Gasteiger charge is 2.14. The van der Waals surface area contributed by atoms with Crippen molar-refractivity contribution in [1.29, 1.82) is 0 Å². The predicted octanol–water partition coefficient (Wildman–Crippen LogP) is 5.12. The first-order valence-electron chi connectivity index (χ1n) is 5.54. The van der Waals surface area contributed by atoms with Crippen LogP contribution in [-0.2, 0) is 6.42 Å². The molecule has 0 radical (unpaired) electrons. The Morgan fingerprint density at radius 1 is 1.26 bits per heavy atom. The van der Waals surface area contributed by atoms with Crippen molar-refractivity contribution in [3.8, 4) is 0 Å². The average molecular weight is 455 g/mol. The summed E-state index contributed by atoms with van der Waals surface area (Å²) in [4.78, 5) is 0. The molecule has 1 N–H and O–H groups in total. The molecule has 2 aromatic rings. The molecule has 1 atom stereocenters. The summed E-state index contributed by atoms with van der Waals surface area (Å²) in [5.74, 6) is -0.353. The predicted molar refractivity (Wildman–Crippen MR) is 86.9 cm³/mol. The average Bonchev–Trinajstić information content (AvgIpc) is 2.36. The van der Waals surface area contributed by atoms with Crippen LogP contribution < -0.4 is 0 Å². The molecule has 2 rings (SSSR count). The quantitative estimate of drug-likeness (QED) is 0.637. The van der Waals surface area contributed by atoms with E-state index in [0.717, 1.165) is 13.6 Å². The summed E-state index contributed by atoms with van der Waals surface area (Å²) in [5.41, 5.74) is 1.37. The molecule has 0 bridgehead atoms. The number of aliphatic hydroxyl groups excluding tert-OH is 1. The van der Waals surface area contributed by atoms with Crippen LogP contribution in [0.2, 0.25) is 5.02 Å². The van der Waals surface area contributed by atoms with Crippen LogP contribution in [0.15, 0.2) is 40.9 Å². The smallest absolute Gasteiger partial charge is 0.123 e. The molecule has 0 saturated heterocycles.